The van der Waals surface area contributed by atoms with E-state index in [0.717, 1.165) is 17.3 Å². The molecule has 5 rings (SSSR count). The van der Waals surface area contributed by atoms with Gasteiger partial charge in [-0.15, -0.1) is 10.2 Å². The summed E-state index contributed by atoms with van der Waals surface area (Å²) < 4.78 is 4.14. The number of carbonyl (C=O) groups is 1. The predicted octanol–water partition coefficient (Wildman–Crippen LogP) is 2.07. The maximum atomic E-state index is 12.4. The van der Waals surface area contributed by atoms with Crippen molar-refractivity contribution in [3.63, 3.8) is 0 Å². The lowest BCUT2D eigenvalue weighted by Crippen LogP contribution is -2.25. The second-order valence-electron chi connectivity index (χ2n) is 6.64. The van der Waals surface area contributed by atoms with Gasteiger partial charge in [-0.25, -0.2) is 4.98 Å². The van der Waals surface area contributed by atoms with Crippen LogP contribution in [0.4, 0.5) is 0 Å². The number of hydrogen-bond donors (Lipinski definition) is 1. The minimum Gasteiger partial charge on any atom is -0.345 e. The van der Waals surface area contributed by atoms with Gasteiger partial charge in [0.15, 0.2) is 5.82 Å². The van der Waals surface area contributed by atoms with Crippen molar-refractivity contribution in [2.24, 2.45) is 0 Å². The molecule has 2 aliphatic rings. The Labute approximate surface area is 138 Å². The standard InChI is InChI=1S/C17H18N6O/c24-17(12-5-7-22-8-6-18-14(22)9-12)19-10-15-20-21-16(11-1-2-11)23(15)13-3-4-13/h5-9,11,13H,1-4,10H2,(H,19,24). The summed E-state index contributed by atoms with van der Waals surface area (Å²) in [5.74, 6) is 2.44. The van der Waals surface area contributed by atoms with Gasteiger partial charge in [0, 0.05) is 36.1 Å². The monoisotopic (exact) mass is 322 g/mol. The summed E-state index contributed by atoms with van der Waals surface area (Å²) in [5.41, 5.74) is 1.37. The van der Waals surface area contributed by atoms with E-state index in [4.69, 9.17) is 0 Å². The number of pyridine rings is 1. The molecule has 1 amide bonds. The molecule has 0 aromatic carbocycles. The van der Waals surface area contributed by atoms with Gasteiger partial charge in [-0.3, -0.25) is 4.79 Å². The summed E-state index contributed by atoms with van der Waals surface area (Å²) in [6.45, 7) is 0.411. The van der Waals surface area contributed by atoms with Crippen LogP contribution >= 0.6 is 0 Å². The van der Waals surface area contributed by atoms with Crippen LogP contribution < -0.4 is 5.32 Å². The van der Waals surface area contributed by atoms with E-state index in [0.29, 0.717) is 24.1 Å². The first kappa shape index (κ1) is 13.7. The van der Waals surface area contributed by atoms with Crippen molar-refractivity contribution >= 4 is 11.6 Å². The Morgan fingerprint density at radius 2 is 2.08 bits per heavy atom. The summed E-state index contributed by atoms with van der Waals surface area (Å²) in [6, 6.07) is 4.12. The highest BCUT2D eigenvalue weighted by molar-refractivity contribution is 5.94. The van der Waals surface area contributed by atoms with E-state index in [1.807, 2.05) is 16.8 Å². The number of rotatable bonds is 5. The zero-order valence-electron chi connectivity index (χ0n) is 13.2. The van der Waals surface area contributed by atoms with Crippen LogP contribution in [0.25, 0.3) is 5.65 Å². The van der Waals surface area contributed by atoms with Crippen LogP contribution in [0.5, 0.6) is 0 Å². The molecule has 7 heteroatoms. The molecule has 1 N–H and O–H groups in total. The van der Waals surface area contributed by atoms with Gasteiger partial charge >= 0.3 is 0 Å². The average molecular weight is 322 g/mol. The Morgan fingerprint density at radius 3 is 2.88 bits per heavy atom. The smallest absolute Gasteiger partial charge is 0.251 e. The topological polar surface area (TPSA) is 77.1 Å². The maximum Gasteiger partial charge on any atom is 0.251 e. The fraction of sp³-hybridized carbons (Fsp3) is 0.412. The predicted molar refractivity (Wildman–Crippen MR) is 86.6 cm³/mol. The molecule has 0 spiro atoms. The average Bonchev–Trinajstić information content (AvgIpc) is 3.53. The van der Waals surface area contributed by atoms with Crippen molar-refractivity contribution in [3.8, 4) is 0 Å². The van der Waals surface area contributed by atoms with E-state index in [9.17, 15) is 4.79 Å². The van der Waals surface area contributed by atoms with Crippen molar-refractivity contribution in [2.45, 2.75) is 44.2 Å². The van der Waals surface area contributed by atoms with Crippen LogP contribution in [0.15, 0.2) is 30.7 Å². The molecule has 3 aromatic heterocycles. The number of nitrogens with one attached hydrogen (secondary N) is 1. The van der Waals surface area contributed by atoms with Crippen LogP contribution in [0.3, 0.4) is 0 Å². The van der Waals surface area contributed by atoms with E-state index in [1.54, 1.807) is 18.3 Å². The third kappa shape index (κ3) is 2.36. The lowest BCUT2D eigenvalue weighted by Gasteiger charge is -2.09. The SMILES string of the molecule is O=C(NCc1nnc(C2CC2)n1C1CC1)c1ccn2ccnc2c1. The van der Waals surface area contributed by atoms with Crippen LogP contribution in [0, 0.1) is 0 Å². The Kier molecular flexibility index (Phi) is 2.95. The molecule has 2 aliphatic carbocycles. The fourth-order valence-electron chi connectivity index (χ4n) is 3.12. The molecule has 0 atom stereocenters. The first-order valence-corrected chi connectivity index (χ1v) is 8.44. The molecule has 122 valence electrons. The molecule has 0 saturated heterocycles. The molecule has 7 nitrogen and oxygen atoms in total. The van der Waals surface area contributed by atoms with Crippen molar-refractivity contribution in [1.29, 1.82) is 0 Å². The quantitative estimate of drug-likeness (QED) is 0.780. The number of carbonyl (C=O) groups excluding carboxylic acids is 1. The highest BCUT2D eigenvalue weighted by Gasteiger charge is 2.36. The first-order chi connectivity index (χ1) is 11.8. The minimum absolute atomic E-state index is 0.112. The molecular formula is C17H18N6O. The lowest BCUT2D eigenvalue weighted by atomic mass is 10.2. The van der Waals surface area contributed by atoms with E-state index in [2.05, 4.69) is 25.1 Å². The Hall–Kier alpha value is -2.70. The van der Waals surface area contributed by atoms with E-state index in [1.165, 1.54) is 25.7 Å². The summed E-state index contributed by atoms with van der Waals surface area (Å²) in [6.07, 6.45) is 10.2. The number of amides is 1. The number of nitrogens with zero attached hydrogens (tertiary/aromatic N) is 5. The van der Waals surface area contributed by atoms with Crippen LogP contribution in [0.2, 0.25) is 0 Å². The van der Waals surface area contributed by atoms with Crippen molar-refractivity contribution in [2.75, 3.05) is 0 Å². The van der Waals surface area contributed by atoms with Gasteiger partial charge in [0.2, 0.25) is 0 Å². The van der Waals surface area contributed by atoms with Gasteiger partial charge in [0.1, 0.15) is 11.5 Å². The van der Waals surface area contributed by atoms with E-state index >= 15 is 0 Å². The van der Waals surface area contributed by atoms with Gasteiger partial charge < -0.3 is 14.3 Å². The molecule has 0 unspecified atom stereocenters. The highest BCUT2D eigenvalue weighted by atomic mass is 16.1. The van der Waals surface area contributed by atoms with Crippen molar-refractivity contribution in [3.05, 3.63) is 47.9 Å². The number of aromatic nitrogens is 5. The van der Waals surface area contributed by atoms with E-state index in [-0.39, 0.29) is 5.91 Å². The summed E-state index contributed by atoms with van der Waals surface area (Å²) in [5, 5.41) is 11.7. The molecule has 2 fully saturated rings. The molecule has 0 bridgehead atoms. The molecule has 3 heterocycles. The number of imidazole rings is 1. The highest BCUT2D eigenvalue weighted by Crippen LogP contribution is 2.44. The second kappa shape index (κ2) is 5.15. The Bertz CT molecular complexity index is 918. The molecular weight excluding hydrogens is 304 g/mol. The molecule has 24 heavy (non-hydrogen) atoms. The van der Waals surface area contributed by atoms with E-state index < -0.39 is 0 Å². The second-order valence-corrected chi connectivity index (χ2v) is 6.64. The third-order valence-corrected chi connectivity index (χ3v) is 4.71. The Balaban J connectivity index is 1.34. The fourth-order valence-corrected chi connectivity index (χ4v) is 3.12. The number of hydrogen-bond acceptors (Lipinski definition) is 4. The van der Waals surface area contributed by atoms with Gasteiger partial charge in [0.25, 0.3) is 5.91 Å². The minimum atomic E-state index is -0.112. The maximum absolute atomic E-state index is 12.4. The summed E-state index contributed by atoms with van der Waals surface area (Å²) >= 11 is 0. The van der Waals surface area contributed by atoms with Crippen LogP contribution in [0.1, 0.15) is 59.6 Å². The third-order valence-electron chi connectivity index (χ3n) is 4.71. The molecule has 0 aliphatic heterocycles. The van der Waals surface area contributed by atoms with Crippen molar-refractivity contribution in [1.82, 2.24) is 29.5 Å². The normalized spacial score (nSPS) is 17.3. The van der Waals surface area contributed by atoms with Crippen molar-refractivity contribution < 1.29 is 4.79 Å². The van der Waals surface area contributed by atoms with Gasteiger partial charge in [-0.1, -0.05) is 0 Å². The zero-order valence-corrected chi connectivity index (χ0v) is 13.2. The first-order valence-electron chi connectivity index (χ1n) is 8.44. The van der Waals surface area contributed by atoms with Gasteiger partial charge in [-0.05, 0) is 37.8 Å². The van der Waals surface area contributed by atoms with Gasteiger partial charge in [0.05, 0.1) is 6.54 Å². The lowest BCUT2D eigenvalue weighted by molar-refractivity contribution is 0.0949. The number of fused-ring (bicyclic) bond motifs is 1. The summed E-state index contributed by atoms with van der Waals surface area (Å²) in [4.78, 5) is 16.6. The molecule has 0 radical (unpaired) electrons. The van der Waals surface area contributed by atoms with Crippen LogP contribution in [-0.4, -0.2) is 30.1 Å². The van der Waals surface area contributed by atoms with Crippen LogP contribution in [-0.2, 0) is 6.54 Å². The molecule has 3 aromatic rings. The largest absolute Gasteiger partial charge is 0.345 e. The van der Waals surface area contributed by atoms with Gasteiger partial charge in [-0.2, -0.15) is 0 Å². The summed E-state index contributed by atoms with van der Waals surface area (Å²) in [7, 11) is 0. The zero-order chi connectivity index (χ0) is 16.1. The molecule has 2 saturated carbocycles. The Morgan fingerprint density at radius 1 is 1.21 bits per heavy atom.